The lowest BCUT2D eigenvalue weighted by molar-refractivity contribution is 0.262. The predicted molar refractivity (Wildman–Crippen MR) is 54.8 cm³/mol. The third kappa shape index (κ3) is 1.26. The summed E-state index contributed by atoms with van der Waals surface area (Å²) in [5.74, 6) is 1.02. The Kier molecular flexibility index (Phi) is 2.12. The van der Waals surface area contributed by atoms with Crippen molar-refractivity contribution in [1.82, 2.24) is 4.67 Å². The van der Waals surface area contributed by atoms with E-state index in [4.69, 9.17) is 4.52 Å². The van der Waals surface area contributed by atoms with Crippen LogP contribution in [0.1, 0.15) is 32.1 Å². The third-order valence-electron chi connectivity index (χ3n) is 3.94. The Morgan fingerprint density at radius 2 is 2.15 bits per heavy atom. The smallest absolute Gasteiger partial charge is 0.101 e. The van der Waals surface area contributed by atoms with Gasteiger partial charge in [0.15, 0.2) is 0 Å². The molecule has 0 aromatic rings. The molecule has 2 nitrogen and oxygen atoms in total. The van der Waals surface area contributed by atoms with Crippen LogP contribution in [0, 0.1) is 5.92 Å². The first-order valence-electron chi connectivity index (χ1n) is 5.51. The van der Waals surface area contributed by atoms with Crippen molar-refractivity contribution in [3.63, 3.8) is 0 Å². The van der Waals surface area contributed by atoms with Crippen LogP contribution in [0.25, 0.3) is 0 Å². The van der Waals surface area contributed by atoms with E-state index in [9.17, 15) is 0 Å². The molecule has 0 aromatic carbocycles. The minimum atomic E-state index is -0.216. The monoisotopic (exact) mass is 199 g/mol. The van der Waals surface area contributed by atoms with Gasteiger partial charge in [0.05, 0.1) is 6.61 Å². The molecule has 0 aromatic heterocycles. The predicted octanol–water partition coefficient (Wildman–Crippen LogP) is 2.59. The molecule has 0 radical (unpaired) electrons. The lowest BCUT2D eigenvalue weighted by Crippen LogP contribution is -2.32. The Balaban J connectivity index is 1.81. The minimum Gasteiger partial charge on any atom is -0.342 e. The van der Waals surface area contributed by atoms with Crippen molar-refractivity contribution in [2.75, 3.05) is 13.3 Å². The molecule has 2 heterocycles. The molecule has 0 bridgehead atoms. The maximum absolute atomic E-state index is 5.76. The van der Waals surface area contributed by atoms with Gasteiger partial charge in [-0.1, -0.05) is 12.8 Å². The van der Waals surface area contributed by atoms with Crippen molar-refractivity contribution in [3.8, 4) is 0 Å². The van der Waals surface area contributed by atoms with Crippen LogP contribution in [-0.4, -0.2) is 30.0 Å². The summed E-state index contributed by atoms with van der Waals surface area (Å²) in [6.45, 7) is 3.31. The zero-order chi connectivity index (χ0) is 8.84. The molecule has 13 heavy (non-hydrogen) atoms. The number of fused-ring (bicyclic) bond motifs is 3. The van der Waals surface area contributed by atoms with Gasteiger partial charge in [-0.3, -0.25) is 4.67 Å². The standard InChI is InChI=1S/C10H18NOP/c1-13-11-9(7-12-13)6-8-4-2-3-5-10(8)11/h8-10H,2-7H2,1H3/t8-,9+,10-,13?/m1/s1. The van der Waals surface area contributed by atoms with Gasteiger partial charge in [-0.05, 0) is 31.8 Å². The van der Waals surface area contributed by atoms with E-state index in [1.165, 1.54) is 32.1 Å². The summed E-state index contributed by atoms with van der Waals surface area (Å²) >= 11 is 0. The Hall–Kier alpha value is 0.350. The van der Waals surface area contributed by atoms with E-state index in [1.54, 1.807) is 0 Å². The molecular formula is C10H18NOP. The highest BCUT2D eigenvalue weighted by Crippen LogP contribution is 2.56. The normalized spacial score (nSPS) is 50.5. The first-order valence-corrected chi connectivity index (χ1v) is 7.17. The van der Waals surface area contributed by atoms with E-state index < -0.39 is 0 Å². The van der Waals surface area contributed by atoms with Crippen LogP contribution in [0.4, 0.5) is 0 Å². The zero-order valence-electron chi connectivity index (χ0n) is 8.28. The molecule has 1 saturated carbocycles. The van der Waals surface area contributed by atoms with Gasteiger partial charge in [0.1, 0.15) is 8.30 Å². The Labute approximate surface area is 81.5 Å². The van der Waals surface area contributed by atoms with E-state index in [0.717, 1.165) is 24.6 Å². The molecule has 3 heteroatoms. The van der Waals surface area contributed by atoms with E-state index >= 15 is 0 Å². The van der Waals surface area contributed by atoms with Crippen molar-refractivity contribution >= 4 is 8.30 Å². The molecule has 2 aliphatic heterocycles. The fraction of sp³-hybridized carbons (Fsp3) is 1.00. The average molecular weight is 199 g/mol. The first kappa shape index (κ1) is 8.64. The summed E-state index contributed by atoms with van der Waals surface area (Å²) in [4.78, 5) is 0. The van der Waals surface area contributed by atoms with Crippen LogP contribution in [0.2, 0.25) is 0 Å². The summed E-state index contributed by atoms with van der Waals surface area (Å²) in [5, 5.41) is 0. The second-order valence-electron chi connectivity index (χ2n) is 4.64. The summed E-state index contributed by atoms with van der Waals surface area (Å²) in [7, 11) is -0.216. The van der Waals surface area contributed by atoms with Gasteiger partial charge in [-0.25, -0.2) is 0 Å². The topological polar surface area (TPSA) is 12.5 Å². The molecule has 3 fully saturated rings. The average Bonchev–Trinajstić information content (AvgIpc) is 2.66. The molecule has 1 unspecified atom stereocenters. The van der Waals surface area contributed by atoms with Crippen LogP contribution in [0.15, 0.2) is 0 Å². The van der Waals surface area contributed by atoms with Crippen molar-refractivity contribution in [1.29, 1.82) is 0 Å². The second-order valence-corrected chi connectivity index (χ2v) is 6.29. The van der Waals surface area contributed by atoms with Crippen LogP contribution in [0.5, 0.6) is 0 Å². The first-order chi connectivity index (χ1) is 6.36. The molecule has 74 valence electrons. The molecule has 4 atom stereocenters. The van der Waals surface area contributed by atoms with Crippen LogP contribution in [-0.2, 0) is 4.52 Å². The zero-order valence-corrected chi connectivity index (χ0v) is 9.17. The highest BCUT2D eigenvalue weighted by Gasteiger charge is 2.47. The van der Waals surface area contributed by atoms with Gasteiger partial charge in [0, 0.05) is 12.1 Å². The Morgan fingerprint density at radius 1 is 1.31 bits per heavy atom. The molecule has 0 spiro atoms. The number of nitrogens with zero attached hydrogens (tertiary/aromatic N) is 1. The van der Waals surface area contributed by atoms with Gasteiger partial charge >= 0.3 is 0 Å². The molecule has 0 N–H and O–H groups in total. The largest absolute Gasteiger partial charge is 0.342 e. The van der Waals surface area contributed by atoms with Crippen molar-refractivity contribution < 1.29 is 4.52 Å². The maximum Gasteiger partial charge on any atom is 0.101 e. The Morgan fingerprint density at radius 3 is 3.08 bits per heavy atom. The van der Waals surface area contributed by atoms with E-state index in [2.05, 4.69) is 11.3 Å². The number of hydrogen-bond donors (Lipinski definition) is 0. The summed E-state index contributed by atoms with van der Waals surface area (Å²) < 4.78 is 8.48. The van der Waals surface area contributed by atoms with Gasteiger partial charge in [-0.2, -0.15) is 0 Å². The van der Waals surface area contributed by atoms with Crippen LogP contribution >= 0.6 is 8.30 Å². The number of rotatable bonds is 0. The van der Waals surface area contributed by atoms with E-state index in [1.807, 2.05) is 0 Å². The maximum atomic E-state index is 5.76. The van der Waals surface area contributed by atoms with Gasteiger partial charge in [-0.15, -0.1) is 0 Å². The molecule has 3 aliphatic rings. The van der Waals surface area contributed by atoms with Crippen molar-refractivity contribution in [2.24, 2.45) is 5.92 Å². The van der Waals surface area contributed by atoms with Crippen LogP contribution in [0.3, 0.4) is 0 Å². The van der Waals surface area contributed by atoms with Gasteiger partial charge in [0.25, 0.3) is 0 Å². The SMILES string of the molecule is CP1OC[C@@H]2C[C@H]3CCCC[C@H]3N21. The van der Waals surface area contributed by atoms with Gasteiger partial charge in [0.2, 0.25) is 0 Å². The van der Waals surface area contributed by atoms with Gasteiger partial charge < -0.3 is 4.52 Å². The van der Waals surface area contributed by atoms with Crippen LogP contribution < -0.4 is 0 Å². The molecule has 1 aliphatic carbocycles. The van der Waals surface area contributed by atoms with E-state index in [-0.39, 0.29) is 8.30 Å². The molecule has 0 amide bonds. The summed E-state index contributed by atoms with van der Waals surface area (Å²) in [6.07, 6.45) is 7.28. The van der Waals surface area contributed by atoms with Crippen molar-refractivity contribution in [3.05, 3.63) is 0 Å². The Bertz CT molecular complexity index is 209. The molecule has 3 rings (SSSR count). The van der Waals surface area contributed by atoms with E-state index in [0.29, 0.717) is 0 Å². The quantitative estimate of drug-likeness (QED) is 0.556. The fourth-order valence-corrected chi connectivity index (χ4v) is 5.25. The lowest BCUT2D eigenvalue weighted by Gasteiger charge is -2.32. The summed E-state index contributed by atoms with van der Waals surface area (Å²) in [6, 6.07) is 1.70. The lowest BCUT2D eigenvalue weighted by atomic mass is 9.85. The highest BCUT2D eigenvalue weighted by atomic mass is 31.2. The van der Waals surface area contributed by atoms with Crippen molar-refractivity contribution in [2.45, 2.75) is 44.2 Å². The highest BCUT2D eigenvalue weighted by molar-refractivity contribution is 7.49. The fourth-order valence-electron chi connectivity index (χ4n) is 3.38. The molecular weight excluding hydrogens is 181 g/mol. The minimum absolute atomic E-state index is 0.216. The third-order valence-corrected chi connectivity index (χ3v) is 5.73. The summed E-state index contributed by atoms with van der Waals surface area (Å²) in [5.41, 5.74) is 0. The number of hydrogen-bond acceptors (Lipinski definition) is 2. The second kappa shape index (κ2) is 3.18. The molecule has 2 saturated heterocycles.